The summed E-state index contributed by atoms with van der Waals surface area (Å²) in [5.74, 6) is -0.215. The van der Waals surface area contributed by atoms with Crippen molar-refractivity contribution in [1.29, 1.82) is 0 Å². The number of hydrogen-bond acceptors (Lipinski definition) is 13. The van der Waals surface area contributed by atoms with Crippen LogP contribution in [0.3, 0.4) is 0 Å². The first kappa shape index (κ1) is 57.9. The van der Waals surface area contributed by atoms with Crippen LogP contribution in [0.1, 0.15) is 200 Å². The molecule has 12 atom stereocenters. The molecule has 0 aromatic heterocycles. The molecule has 63 heavy (non-hydrogen) atoms. The Morgan fingerprint density at radius 2 is 1.00 bits per heavy atom. The Morgan fingerprint density at radius 3 is 1.51 bits per heavy atom. The highest BCUT2D eigenvalue weighted by Gasteiger charge is 2.51. The summed E-state index contributed by atoms with van der Waals surface area (Å²) in [4.78, 5) is 13.2. The molecule has 0 radical (unpaired) electrons. The SMILES string of the molecule is CCCCCCCCC/C=C\CCCCCCCC(=O)NC(COC1OC(CO)C(OC2OC(CO)C(O)C(O)C2O)C(O)C1O)C(O)CCCCCCCCCCCCCCC. The molecule has 0 aromatic carbocycles. The van der Waals surface area contributed by atoms with Gasteiger partial charge in [0.2, 0.25) is 5.91 Å². The van der Waals surface area contributed by atoms with Crippen molar-refractivity contribution in [3.8, 4) is 0 Å². The lowest BCUT2D eigenvalue weighted by Gasteiger charge is -2.46. The first-order valence-corrected chi connectivity index (χ1v) is 25.4. The summed E-state index contributed by atoms with van der Waals surface area (Å²) in [6.45, 7) is 2.84. The molecule has 9 N–H and O–H groups in total. The molecule has 0 bridgehead atoms. The van der Waals surface area contributed by atoms with Gasteiger partial charge in [-0.15, -0.1) is 0 Å². The van der Waals surface area contributed by atoms with Crippen LogP contribution in [0.5, 0.6) is 0 Å². The molecular weight excluding hydrogens is 811 g/mol. The van der Waals surface area contributed by atoms with E-state index >= 15 is 0 Å². The summed E-state index contributed by atoms with van der Waals surface area (Å²) in [5, 5.41) is 86.8. The second-order valence-corrected chi connectivity index (χ2v) is 18.3. The lowest BCUT2D eigenvalue weighted by molar-refractivity contribution is -0.359. The third kappa shape index (κ3) is 24.4. The Bertz CT molecular complexity index is 1120. The van der Waals surface area contributed by atoms with E-state index in [1.807, 2.05) is 0 Å². The second-order valence-electron chi connectivity index (χ2n) is 18.3. The number of carbonyl (C=O) groups is 1. The largest absolute Gasteiger partial charge is 0.394 e. The lowest BCUT2D eigenvalue weighted by Crippen LogP contribution is -2.65. The molecule has 0 spiro atoms. The number of aliphatic hydroxyl groups excluding tert-OH is 8. The smallest absolute Gasteiger partial charge is 0.220 e. The monoisotopic (exact) mass is 904 g/mol. The zero-order valence-electron chi connectivity index (χ0n) is 39.3. The van der Waals surface area contributed by atoms with Crippen molar-refractivity contribution in [2.75, 3.05) is 19.8 Å². The summed E-state index contributed by atoms with van der Waals surface area (Å²) < 4.78 is 22.7. The van der Waals surface area contributed by atoms with Crippen LogP contribution < -0.4 is 5.32 Å². The van der Waals surface area contributed by atoms with Crippen molar-refractivity contribution >= 4 is 5.91 Å². The molecule has 2 rings (SSSR count). The van der Waals surface area contributed by atoms with E-state index in [1.165, 1.54) is 103 Å². The normalized spacial score (nSPS) is 27.5. The third-order valence-corrected chi connectivity index (χ3v) is 12.7. The van der Waals surface area contributed by atoms with Crippen molar-refractivity contribution in [3.63, 3.8) is 0 Å². The van der Waals surface area contributed by atoms with Crippen LogP contribution in [0, 0.1) is 0 Å². The van der Waals surface area contributed by atoms with E-state index in [4.69, 9.17) is 18.9 Å². The number of carbonyl (C=O) groups excluding carboxylic acids is 1. The molecule has 2 aliphatic rings. The zero-order chi connectivity index (χ0) is 46.1. The number of ether oxygens (including phenoxy) is 4. The molecule has 0 aromatic rings. The predicted molar refractivity (Wildman–Crippen MR) is 245 cm³/mol. The second kappa shape index (κ2) is 36.8. The molecule has 2 heterocycles. The van der Waals surface area contributed by atoms with E-state index in [9.17, 15) is 45.6 Å². The van der Waals surface area contributed by atoms with Crippen molar-refractivity contribution in [3.05, 3.63) is 12.2 Å². The highest BCUT2D eigenvalue weighted by atomic mass is 16.7. The number of unbranched alkanes of at least 4 members (excludes halogenated alkanes) is 24. The first-order valence-electron chi connectivity index (χ1n) is 25.4. The number of allylic oxidation sites excluding steroid dienone is 2. The van der Waals surface area contributed by atoms with E-state index in [-0.39, 0.29) is 12.5 Å². The minimum Gasteiger partial charge on any atom is -0.394 e. The van der Waals surface area contributed by atoms with E-state index < -0.39 is 86.8 Å². The number of rotatable bonds is 39. The third-order valence-electron chi connectivity index (χ3n) is 12.7. The number of amides is 1. The summed E-state index contributed by atoms with van der Waals surface area (Å²) in [7, 11) is 0. The molecule has 1 amide bonds. The summed E-state index contributed by atoms with van der Waals surface area (Å²) >= 11 is 0. The van der Waals surface area contributed by atoms with Crippen molar-refractivity contribution in [2.24, 2.45) is 0 Å². The fourth-order valence-corrected chi connectivity index (χ4v) is 8.52. The Morgan fingerprint density at radius 1 is 0.556 bits per heavy atom. The number of nitrogens with one attached hydrogen (secondary N) is 1. The molecule has 0 saturated carbocycles. The van der Waals surface area contributed by atoms with Gasteiger partial charge in [0.25, 0.3) is 0 Å². The van der Waals surface area contributed by atoms with Crippen LogP contribution in [-0.2, 0) is 23.7 Å². The average Bonchev–Trinajstić information content (AvgIpc) is 3.28. The Hall–Kier alpha value is -1.27. The van der Waals surface area contributed by atoms with Crippen molar-refractivity contribution < 1.29 is 64.6 Å². The van der Waals surface area contributed by atoms with E-state index in [1.54, 1.807) is 0 Å². The van der Waals surface area contributed by atoms with E-state index in [0.29, 0.717) is 19.3 Å². The Balaban J connectivity index is 1.84. The maximum Gasteiger partial charge on any atom is 0.220 e. The quantitative estimate of drug-likeness (QED) is 0.0241. The molecule has 0 aliphatic carbocycles. The van der Waals surface area contributed by atoms with Crippen LogP contribution in [0.2, 0.25) is 0 Å². The van der Waals surface area contributed by atoms with Gasteiger partial charge in [0.1, 0.15) is 48.8 Å². The van der Waals surface area contributed by atoms with Crippen molar-refractivity contribution in [1.82, 2.24) is 5.32 Å². The summed E-state index contributed by atoms with van der Waals surface area (Å²) in [6, 6.07) is -0.828. The first-order chi connectivity index (χ1) is 30.6. The van der Waals surface area contributed by atoms with Gasteiger partial charge >= 0.3 is 0 Å². The average molecular weight is 904 g/mol. The summed E-state index contributed by atoms with van der Waals surface area (Å²) in [6.07, 6.45) is 20.7. The van der Waals surface area contributed by atoms with Gasteiger partial charge < -0.3 is 65.1 Å². The number of aliphatic hydroxyl groups is 8. The summed E-state index contributed by atoms with van der Waals surface area (Å²) in [5.41, 5.74) is 0. The minimum absolute atomic E-state index is 0.215. The molecular formula is C49H93NO13. The highest BCUT2D eigenvalue weighted by molar-refractivity contribution is 5.76. The topological polar surface area (TPSA) is 228 Å². The Kier molecular flexibility index (Phi) is 33.8. The van der Waals surface area contributed by atoms with Crippen LogP contribution in [0.25, 0.3) is 0 Å². The van der Waals surface area contributed by atoms with Crippen LogP contribution in [0.4, 0.5) is 0 Å². The van der Waals surface area contributed by atoms with Gasteiger partial charge in [-0.05, 0) is 38.5 Å². The molecule has 372 valence electrons. The zero-order valence-corrected chi connectivity index (χ0v) is 39.3. The molecule has 14 nitrogen and oxygen atoms in total. The fourth-order valence-electron chi connectivity index (χ4n) is 8.52. The molecule has 2 saturated heterocycles. The van der Waals surface area contributed by atoms with Gasteiger partial charge in [0, 0.05) is 6.42 Å². The fraction of sp³-hybridized carbons (Fsp3) is 0.939. The molecule has 12 unspecified atom stereocenters. The minimum atomic E-state index is -1.78. The van der Waals surface area contributed by atoms with Gasteiger partial charge in [0.15, 0.2) is 12.6 Å². The molecule has 14 heteroatoms. The van der Waals surface area contributed by atoms with Crippen molar-refractivity contribution in [2.45, 2.75) is 274 Å². The van der Waals surface area contributed by atoms with Gasteiger partial charge in [-0.2, -0.15) is 0 Å². The van der Waals surface area contributed by atoms with Crippen LogP contribution in [0.15, 0.2) is 12.2 Å². The maximum atomic E-state index is 13.2. The maximum absolute atomic E-state index is 13.2. The van der Waals surface area contributed by atoms with Gasteiger partial charge in [0.05, 0.1) is 32.0 Å². The molecule has 2 aliphatic heterocycles. The van der Waals surface area contributed by atoms with E-state index in [0.717, 1.165) is 64.2 Å². The predicted octanol–water partition coefficient (Wildman–Crippen LogP) is 6.38. The van der Waals surface area contributed by atoms with Gasteiger partial charge in [-0.1, -0.05) is 167 Å². The van der Waals surface area contributed by atoms with Gasteiger partial charge in [-0.25, -0.2) is 0 Å². The number of hydrogen-bond donors (Lipinski definition) is 9. The standard InChI is InChI=1S/C49H93NO13/c1-3-5-7-9-11-13-15-17-18-19-21-23-25-27-29-31-33-41(54)50-37(38(53)32-30-28-26-24-22-20-16-14-12-10-8-6-4-2)36-60-48-46(59)44(57)47(40(35-52)62-48)63-49-45(58)43(56)42(55)39(34-51)61-49/h18-19,37-40,42-49,51-53,55-59H,3-17,20-36H2,1-2H3,(H,50,54)/b19-18-. The highest BCUT2D eigenvalue weighted by Crippen LogP contribution is 2.30. The molecule has 2 fully saturated rings. The van der Waals surface area contributed by atoms with Gasteiger partial charge in [-0.3, -0.25) is 4.79 Å². The van der Waals surface area contributed by atoms with E-state index in [2.05, 4.69) is 31.3 Å². The Labute approximate surface area is 380 Å². The van der Waals surface area contributed by atoms with Crippen LogP contribution in [-0.4, -0.2) is 140 Å². The lowest BCUT2D eigenvalue weighted by atomic mass is 9.97. The van der Waals surface area contributed by atoms with Crippen LogP contribution >= 0.6 is 0 Å².